The first-order valence-corrected chi connectivity index (χ1v) is 5.39. The Hall–Kier alpha value is -0.760. The van der Waals surface area contributed by atoms with Gasteiger partial charge in [-0.15, -0.1) is 0 Å². The fraction of sp³-hybridized carbons (Fsp3) is 0.714. The predicted molar refractivity (Wildman–Crippen MR) is 48.6 cm³/mol. The Balaban J connectivity index is 0.000000262. The lowest BCUT2D eigenvalue weighted by molar-refractivity contribution is -0.0510. The average Bonchev–Trinajstić information content (AvgIpc) is 2.31. The number of hydrogen-bond acceptors (Lipinski definition) is 3. The normalized spacial score (nSPS) is 16.9. The lowest BCUT2D eigenvalue weighted by Gasteiger charge is -2.02. The van der Waals surface area contributed by atoms with E-state index in [4.69, 9.17) is 13.0 Å². The van der Waals surface area contributed by atoms with Gasteiger partial charge in [0.1, 0.15) is 0 Å². The van der Waals surface area contributed by atoms with Crippen molar-refractivity contribution < 1.29 is 26.1 Å². The molecule has 1 aliphatic rings. The van der Waals surface area contributed by atoms with Gasteiger partial charge >= 0.3 is 15.6 Å². The molecule has 0 spiro atoms. The highest BCUT2D eigenvalue weighted by molar-refractivity contribution is 7.86. The van der Waals surface area contributed by atoms with Crippen LogP contribution in [0.15, 0.2) is 11.8 Å². The van der Waals surface area contributed by atoms with E-state index in [9.17, 15) is 13.2 Å². The Kier molecular flexibility index (Phi) is 4.60. The molecule has 0 aliphatic carbocycles. The van der Waals surface area contributed by atoms with Gasteiger partial charge in [0.15, 0.2) is 0 Å². The zero-order valence-electron chi connectivity index (χ0n) is 8.24. The van der Waals surface area contributed by atoms with Crippen LogP contribution in [0.3, 0.4) is 0 Å². The van der Waals surface area contributed by atoms with Gasteiger partial charge in [-0.25, -0.2) is 0 Å². The molecular formula is C7H12F3NO3S. The molecule has 1 rings (SSSR count). The summed E-state index contributed by atoms with van der Waals surface area (Å²) in [6.07, 6.45) is 3.45. The average molecular weight is 247 g/mol. The van der Waals surface area contributed by atoms with Crippen molar-refractivity contribution >= 4 is 10.1 Å². The minimum atomic E-state index is -5.84. The Labute approximate surface area is 86.1 Å². The van der Waals surface area contributed by atoms with E-state index in [0.29, 0.717) is 0 Å². The molecule has 0 saturated heterocycles. The van der Waals surface area contributed by atoms with Crippen molar-refractivity contribution in [1.29, 1.82) is 0 Å². The lowest BCUT2D eigenvalue weighted by atomic mass is 10.3. The number of hydrogen-bond donors (Lipinski definition) is 1. The van der Waals surface area contributed by atoms with E-state index in [2.05, 4.69) is 25.1 Å². The summed E-state index contributed by atoms with van der Waals surface area (Å²) in [5.74, 6) is 0. The zero-order chi connectivity index (χ0) is 12.3. The fourth-order valence-corrected chi connectivity index (χ4v) is 0.858. The molecule has 1 N–H and O–H groups in total. The summed E-state index contributed by atoms with van der Waals surface area (Å²) >= 11 is 0. The molecular weight excluding hydrogens is 235 g/mol. The standard InChI is InChI=1S/C6H11N.CHF3O3S/c1-6-3-4-7(2)5-6;2-1(3,4)8(5,6)7/h5H,3-4H2,1-2H3;(H,5,6,7). The Morgan fingerprint density at radius 1 is 1.47 bits per heavy atom. The second kappa shape index (κ2) is 4.84. The van der Waals surface area contributed by atoms with Crippen molar-refractivity contribution in [2.75, 3.05) is 13.6 Å². The molecule has 0 radical (unpaired) electrons. The summed E-state index contributed by atoms with van der Waals surface area (Å²) in [6.45, 7) is 3.38. The molecule has 0 atom stereocenters. The molecule has 0 aromatic heterocycles. The third-order valence-corrected chi connectivity index (χ3v) is 2.18. The van der Waals surface area contributed by atoms with Crippen LogP contribution < -0.4 is 0 Å². The highest BCUT2D eigenvalue weighted by Crippen LogP contribution is 2.20. The topological polar surface area (TPSA) is 57.6 Å². The fourth-order valence-electron chi connectivity index (χ4n) is 0.858. The van der Waals surface area contributed by atoms with Gasteiger partial charge in [0.25, 0.3) is 0 Å². The van der Waals surface area contributed by atoms with Crippen LogP contribution in [0.4, 0.5) is 13.2 Å². The van der Waals surface area contributed by atoms with E-state index in [0.717, 1.165) is 0 Å². The smallest absolute Gasteiger partial charge is 0.380 e. The molecule has 0 fully saturated rings. The highest BCUT2D eigenvalue weighted by atomic mass is 32.2. The molecule has 90 valence electrons. The molecule has 0 amide bonds. The van der Waals surface area contributed by atoms with Gasteiger partial charge in [-0.2, -0.15) is 21.6 Å². The molecule has 0 aromatic rings. The van der Waals surface area contributed by atoms with Gasteiger partial charge in [0.05, 0.1) is 0 Å². The second-order valence-corrected chi connectivity index (χ2v) is 4.54. The molecule has 1 aliphatic heterocycles. The SMILES string of the molecule is CC1=CN(C)CC1.O=S(=O)(O)C(F)(F)F. The van der Waals surface area contributed by atoms with Crippen molar-refractivity contribution in [3.8, 4) is 0 Å². The summed E-state index contributed by atoms with van der Waals surface area (Å²) < 4.78 is 57.5. The first kappa shape index (κ1) is 14.2. The number of nitrogens with zero attached hydrogens (tertiary/aromatic N) is 1. The lowest BCUT2D eigenvalue weighted by Crippen LogP contribution is -2.21. The maximum absolute atomic E-state index is 10.7. The molecule has 8 heteroatoms. The minimum Gasteiger partial charge on any atom is -0.380 e. The van der Waals surface area contributed by atoms with Gasteiger partial charge in [-0.05, 0) is 19.5 Å². The van der Waals surface area contributed by atoms with Crippen molar-refractivity contribution in [2.24, 2.45) is 0 Å². The third kappa shape index (κ3) is 5.63. The Bertz CT molecular complexity index is 334. The summed E-state index contributed by atoms with van der Waals surface area (Å²) in [7, 11) is -3.73. The number of alkyl halides is 3. The summed E-state index contributed by atoms with van der Waals surface area (Å²) in [4.78, 5) is 2.22. The van der Waals surface area contributed by atoms with Crippen LogP contribution in [0, 0.1) is 0 Å². The minimum absolute atomic E-state index is 1.21. The van der Waals surface area contributed by atoms with Gasteiger partial charge in [-0.1, -0.05) is 5.57 Å². The molecule has 0 saturated carbocycles. The summed E-state index contributed by atoms with van der Waals surface area (Å²) in [6, 6.07) is 0. The second-order valence-electron chi connectivity index (χ2n) is 3.13. The Morgan fingerprint density at radius 3 is 1.93 bits per heavy atom. The monoisotopic (exact) mass is 247 g/mol. The van der Waals surface area contributed by atoms with Gasteiger partial charge < -0.3 is 4.90 Å². The number of rotatable bonds is 0. The third-order valence-electron chi connectivity index (χ3n) is 1.59. The molecule has 0 bridgehead atoms. The van der Waals surface area contributed by atoms with Crippen molar-refractivity contribution in [2.45, 2.75) is 18.9 Å². The maximum Gasteiger partial charge on any atom is 0.522 e. The molecule has 1 heterocycles. The molecule has 0 aromatic carbocycles. The van der Waals surface area contributed by atoms with E-state index < -0.39 is 15.6 Å². The maximum atomic E-state index is 10.7. The van der Waals surface area contributed by atoms with Crippen molar-refractivity contribution in [3.63, 3.8) is 0 Å². The van der Waals surface area contributed by atoms with Crippen LogP contribution in [-0.2, 0) is 10.1 Å². The predicted octanol–water partition coefficient (Wildman–Crippen LogP) is 1.62. The van der Waals surface area contributed by atoms with Gasteiger partial charge in [-0.3, -0.25) is 4.55 Å². The van der Waals surface area contributed by atoms with E-state index in [1.54, 1.807) is 0 Å². The van der Waals surface area contributed by atoms with Crippen LogP contribution in [-0.4, -0.2) is 37.0 Å². The van der Waals surface area contributed by atoms with E-state index in [1.807, 2.05) is 0 Å². The molecule has 0 unspecified atom stereocenters. The van der Waals surface area contributed by atoms with Crippen molar-refractivity contribution in [3.05, 3.63) is 11.8 Å². The molecule has 4 nitrogen and oxygen atoms in total. The van der Waals surface area contributed by atoms with Crippen LogP contribution in [0.5, 0.6) is 0 Å². The Morgan fingerprint density at radius 2 is 1.87 bits per heavy atom. The van der Waals surface area contributed by atoms with E-state index in [-0.39, 0.29) is 0 Å². The molecule has 15 heavy (non-hydrogen) atoms. The summed E-state index contributed by atoms with van der Waals surface area (Å²) in [5, 5.41) is 0. The van der Waals surface area contributed by atoms with E-state index >= 15 is 0 Å². The highest BCUT2D eigenvalue weighted by Gasteiger charge is 2.44. The number of halogens is 3. The van der Waals surface area contributed by atoms with Gasteiger partial charge in [0.2, 0.25) is 0 Å². The first-order valence-electron chi connectivity index (χ1n) is 3.95. The van der Waals surface area contributed by atoms with Crippen LogP contribution in [0.25, 0.3) is 0 Å². The summed E-state index contributed by atoms with van der Waals surface area (Å²) in [5.41, 5.74) is -4.03. The van der Waals surface area contributed by atoms with Crippen LogP contribution >= 0.6 is 0 Å². The quantitative estimate of drug-likeness (QED) is 0.522. The largest absolute Gasteiger partial charge is 0.522 e. The zero-order valence-corrected chi connectivity index (χ0v) is 9.06. The first-order chi connectivity index (χ1) is 6.54. The van der Waals surface area contributed by atoms with Crippen molar-refractivity contribution in [1.82, 2.24) is 4.90 Å². The van der Waals surface area contributed by atoms with Gasteiger partial charge in [0, 0.05) is 13.6 Å². The van der Waals surface area contributed by atoms with Crippen LogP contribution in [0.1, 0.15) is 13.3 Å². The van der Waals surface area contributed by atoms with E-state index in [1.165, 1.54) is 18.5 Å². The van der Waals surface area contributed by atoms with Crippen LogP contribution in [0.2, 0.25) is 0 Å².